The molecule has 0 aliphatic carbocycles. The SMILES string of the molecule is NC(=O)[C@]1(c2cnccn2)CCCN1Cc1cscn1. The van der Waals surface area contributed by atoms with Crippen LogP contribution < -0.4 is 5.73 Å². The summed E-state index contributed by atoms with van der Waals surface area (Å²) >= 11 is 1.55. The summed E-state index contributed by atoms with van der Waals surface area (Å²) in [6.07, 6.45) is 6.40. The molecule has 0 aromatic carbocycles. The molecule has 0 spiro atoms. The monoisotopic (exact) mass is 289 g/mol. The van der Waals surface area contributed by atoms with Crippen molar-refractivity contribution in [2.24, 2.45) is 5.73 Å². The highest BCUT2D eigenvalue weighted by Gasteiger charge is 2.49. The second-order valence-corrected chi connectivity index (χ2v) is 5.54. The van der Waals surface area contributed by atoms with Crippen LogP contribution in [0, 0.1) is 0 Å². The van der Waals surface area contributed by atoms with E-state index < -0.39 is 5.54 Å². The van der Waals surface area contributed by atoms with E-state index in [0.717, 1.165) is 18.7 Å². The van der Waals surface area contributed by atoms with E-state index in [0.29, 0.717) is 18.7 Å². The number of nitrogens with zero attached hydrogens (tertiary/aromatic N) is 4. The number of amides is 1. The lowest BCUT2D eigenvalue weighted by Gasteiger charge is -2.34. The van der Waals surface area contributed by atoms with Crippen LogP contribution in [-0.4, -0.2) is 32.3 Å². The molecule has 2 N–H and O–H groups in total. The van der Waals surface area contributed by atoms with Gasteiger partial charge in [-0.3, -0.25) is 19.7 Å². The summed E-state index contributed by atoms with van der Waals surface area (Å²) in [4.78, 5) is 26.9. The minimum absolute atomic E-state index is 0.370. The lowest BCUT2D eigenvalue weighted by molar-refractivity contribution is -0.129. The highest BCUT2D eigenvalue weighted by Crippen LogP contribution is 2.38. The number of nitrogens with two attached hydrogens (primary N) is 1. The molecule has 7 heteroatoms. The Kier molecular flexibility index (Phi) is 3.45. The Hall–Kier alpha value is -1.86. The largest absolute Gasteiger partial charge is 0.368 e. The van der Waals surface area contributed by atoms with Crippen LogP contribution in [0.4, 0.5) is 0 Å². The van der Waals surface area contributed by atoms with Crippen molar-refractivity contribution < 1.29 is 4.79 Å². The molecule has 1 aliphatic rings. The number of rotatable bonds is 4. The van der Waals surface area contributed by atoms with Gasteiger partial charge in [0.2, 0.25) is 5.91 Å². The quantitative estimate of drug-likeness (QED) is 0.904. The maximum atomic E-state index is 12.2. The average Bonchev–Trinajstić information content (AvgIpc) is 3.10. The molecule has 6 nitrogen and oxygen atoms in total. The van der Waals surface area contributed by atoms with Crippen LogP contribution in [0.1, 0.15) is 24.2 Å². The number of hydrogen-bond acceptors (Lipinski definition) is 6. The fourth-order valence-electron chi connectivity index (χ4n) is 2.81. The van der Waals surface area contributed by atoms with E-state index in [2.05, 4.69) is 19.9 Å². The Morgan fingerprint density at radius 1 is 1.45 bits per heavy atom. The number of carbonyl (C=O) groups is 1. The fraction of sp³-hybridized carbons (Fsp3) is 0.385. The van der Waals surface area contributed by atoms with E-state index in [1.807, 2.05) is 5.38 Å². The van der Waals surface area contributed by atoms with Gasteiger partial charge in [-0.2, -0.15) is 0 Å². The van der Waals surface area contributed by atoms with Gasteiger partial charge < -0.3 is 5.73 Å². The van der Waals surface area contributed by atoms with Crippen molar-refractivity contribution >= 4 is 17.2 Å². The van der Waals surface area contributed by atoms with Crippen LogP contribution in [-0.2, 0) is 16.9 Å². The van der Waals surface area contributed by atoms with Crippen molar-refractivity contribution in [3.63, 3.8) is 0 Å². The van der Waals surface area contributed by atoms with Crippen LogP contribution >= 0.6 is 11.3 Å². The number of carbonyl (C=O) groups excluding carboxylic acids is 1. The standard InChI is InChI=1S/C13H15N5OS/c14-12(19)13(11-6-15-3-4-16-11)2-1-5-18(13)7-10-8-20-9-17-10/h3-4,6,8-9H,1-2,5,7H2,(H2,14,19)/t13-/m1/s1. The summed E-state index contributed by atoms with van der Waals surface area (Å²) in [5.74, 6) is -0.370. The molecule has 1 saturated heterocycles. The second-order valence-electron chi connectivity index (χ2n) is 4.82. The highest BCUT2D eigenvalue weighted by atomic mass is 32.1. The molecule has 2 aromatic rings. The van der Waals surface area contributed by atoms with Crippen LogP contribution in [0.3, 0.4) is 0 Å². The molecule has 0 unspecified atom stereocenters. The first-order valence-electron chi connectivity index (χ1n) is 6.42. The third-order valence-electron chi connectivity index (χ3n) is 3.74. The van der Waals surface area contributed by atoms with Gasteiger partial charge in [-0.1, -0.05) is 0 Å². The Balaban J connectivity index is 1.98. The van der Waals surface area contributed by atoms with Crippen LogP contribution in [0.25, 0.3) is 0 Å². The Morgan fingerprint density at radius 3 is 3.00 bits per heavy atom. The zero-order chi connectivity index (χ0) is 14.0. The first-order valence-corrected chi connectivity index (χ1v) is 7.36. The van der Waals surface area contributed by atoms with Crippen molar-refractivity contribution in [3.8, 4) is 0 Å². The van der Waals surface area contributed by atoms with Crippen LogP contribution in [0.5, 0.6) is 0 Å². The maximum absolute atomic E-state index is 12.2. The van der Waals surface area contributed by atoms with Crippen molar-refractivity contribution in [3.05, 3.63) is 40.9 Å². The van der Waals surface area contributed by atoms with Crippen molar-refractivity contribution in [2.75, 3.05) is 6.54 Å². The van der Waals surface area contributed by atoms with Gasteiger partial charge in [0.15, 0.2) is 0 Å². The molecule has 20 heavy (non-hydrogen) atoms. The number of primary amides is 1. The van der Waals surface area contributed by atoms with Crippen LogP contribution in [0.15, 0.2) is 29.5 Å². The molecule has 1 fully saturated rings. The molecule has 2 aromatic heterocycles. The molecular weight excluding hydrogens is 274 g/mol. The van der Waals surface area contributed by atoms with Gasteiger partial charge >= 0.3 is 0 Å². The molecule has 0 bridgehead atoms. The lowest BCUT2D eigenvalue weighted by Crippen LogP contribution is -2.51. The second kappa shape index (κ2) is 5.26. The van der Waals surface area contributed by atoms with Gasteiger partial charge in [-0.05, 0) is 12.8 Å². The molecule has 104 valence electrons. The smallest absolute Gasteiger partial charge is 0.244 e. The molecule has 1 amide bonds. The summed E-state index contributed by atoms with van der Waals surface area (Å²) < 4.78 is 0. The topological polar surface area (TPSA) is 85.0 Å². The predicted octanol–water partition coefficient (Wildman–Crippen LogP) is 0.910. The number of hydrogen-bond donors (Lipinski definition) is 1. The fourth-order valence-corrected chi connectivity index (χ4v) is 3.36. The zero-order valence-electron chi connectivity index (χ0n) is 10.9. The normalized spacial score (nSPS) is 23.0. The third-order valence-corrected chi connectivity index (χ3v) is 4.37. The molecule has 0 radical (unpaired) electrons. The zero-order valence-corrected chi connectivity index (χ0v) is 11.7. The maximum Gasteiger partial charge on any atom is 0.244 e. The summed E-state index contributed by atoms with van der Waals surface area (Å²) in [6, 6.07) is 0. The summed E-state index contributed by atoms with van der Waals surface area (Å²) in [5, 5.41) is 1.99. The van der Waals surface area contributed by atoms with Gasteiger partial charge in [-0.15, -0.1) is 11.3 Å². The van der Waals surface area contributed by atoms with Gasteiger partial charge in [0.25, 0.3) is 0 Å². The number of aromatic nitrogens is 3. The molecule has 3 heterocycles. The van der Waals surface area contributed by atoms with E-state index in [1.165, 1.54) is 0 Å². The number of likely N-dealkylation sites (tertiary alicyclic amines) is 1. The average molecular weight is 289 g/mol. The van der Waals surface area contributed by atoms with Crippen LogP contribution in [0.2, 0.25) is 0 Å². The van der Waals surface area contributed by atoms with Crippen molar-refractivity contribution in [2.45, 2.75) is 24.9 Å². The molecular formula is C13H15N5OS. The first kappa shape index (κ1) is 13.1. The highest BCUT2D eigenvalue weighted by molar-refractivity contribution is 7.07. The predicted molar refractivity (Wildman–Crippen MR) is 74.7 cm³/mol. The minimum atomic E-state index is -0.863. The van der Waals surface area contributed by atoms with E-state index in [1.54, 1.807) is 35.4 Å². The molecule has 1 aliphatic heterocycles. The van der Waals surface area contributed by atoms with E-state index in [-0.39, 0.29) is 5.91 Å². The summed E-state index contributed by atoms with van der Waals surface area (Å²) in [6.45, 7) is 1.40. The minimum Gasteiger partial charge on any atom is -0.368 e. The lowest BCUT2D eigenvalue weighted by atomic mass is 9.91. The van der Waals surface area contributed by atoms with Crippen molar-refractivity contribution in [1.82, 2.24) is 19.9 Å². The van der Waals surface area contributed by atoms with Crippen molar-refractivity contribution in [1.29, 1.82) is 0 Å². The molecule has 3 rings (SSSR count). The summed E-state index contributed by atoms with van der Waals surface area (Å²) in [5.41, 5.74) is 8.22. The van der Waals surface area contributed by atoms with Gasteiger partial charge in [-0.25, -0.2) is 4.98 Å². The Labute approximate surface area is 120 Å². The van der Waals surface area contributed by atoms with Gasteiger partial charge in [0, 0.05) is 30.9 Å². The van der Waals surface area contributed by atoms with Gasteiger partial charge in [0.1, 0.15) is 5.54 Å². The van der Waals surface area contributed by atoms with Gasteiger partial charge in [0.05, 0.1) is 23.1 Å². The number of thiazole rings is 1. The summed E-state index contributed by atoms with van der Waals surface area (Å²) in [7, 11) is 0. The van der Waals surface area contributed by atoms with E-state index >= 15 is 0 Å². The van der Waals surface area contributed by atoms with E-state index in [4.69, 9.17) is 5.73 Å². The Bertz CT molecular complexity index is 588. The van der Waals surface area contributed by atoms with E-state index in [9.17, 15) is 4.79 Å². The molecule has 1 atom stereocenters. The third kappa shape index (κ3) is 2.08. The first-order chi connectivity index (χ1) is 9.73. The molecule has 0 saturated carbocycles. The Morgan fingerprint density at radius 2 is 2.35 bits per heavy atom.